The molecule has 9 nitrogen and oxygen atoms in total. The molecule has 2 N–H and O–H groups in total. The van der Waals surface area contributed by atoms with Gasteiger partial charge in [0.25, 0.3) is 5.91 Å². The monoisotopic (exact) mass is 522 g/mol. The number of rotatable bonds is 5. The number of benzene rings is 1. The second kappa shape index (κ2) is 8.59. The number of nitrogens with zero attached hydrogens (tertiary/aromatic N) is 5. The molecule has 3 aliphatic rings. The van der Waals surface area contributed by atoms with Crippen molar-refractivity contribution in [3.05, 3.63) is 64.6 Å². The van der Waals surface area contributed by atoms with Crippen LogP contribution in [0.2, 0.25) is 0 Å². The first-order chi connectivity index (χ1) is 18.1. The number of alkyl halides is 2. The highest BCUT2D eigenvalue weighted by atomic mass is 19.3. The van der Waals surface area contributed by atoms with Crippen LogP contribution in [0.3, 0.4) is 0 Å². The van der Waals surface area contributed by atoms with Gasteiger partial charge in [-0.1, -0.05) is 6.07 Å². The van der Waals surface area contributed by atoms with Gasteiger partial charge in [-0.2, -0.15) is 13.9 Å². The molecule has 3 aromatic rings. The van der Waals surface area contributed by atoms with Crippen LogP contribution in [0.5, 0.6) is 5.75 Å². The molecule has 1 aliphatic carbocycles. The zero-order valence-electron chi connectivity index (χ0n) is 21.3. The third kappa shape index (κ3) is 3.59. The fraction of sp³-hybridized carbons (Fsp3) is 0.407. The molecule has 1 aromatic carbocycles. The summed E-state index contributed by atoms with van der Waals surface area (Å²) in [6.07, 6.45) is 4.50. The largest absolute Gasteiger partial charge is 0.434 e. The van der Waals surface area contributed by atoms with Crippen molar-refractivity contribution in [3.63, 3.8) is 0 Å². The van der Waals surface area contributed by atoms with Crippen LogP contribution in [0, 0.1) is 0 Å². The minimum absolute atomic E-state index is 0.0172. The Hall–Kier alpha value is -3.86. The average molecular weight is 523 g/mol. The molecule has 4 heterocycles. The molecular weight excluding hydrogens is 494 g/mol. The van der Waals surface area contributed by atoms with Crippen LogP contribution in [-0.4, -0.2) is 68.5 Å². The Bertz CT molecular complexity index is 1510. The second-order valence-electron chi connectivity index (χ2n) is 10.6. The van der Waals surface area contributed by atoms with E-state index < -0.39 is 18.1 Å². The highest BCUT2D eigenvalue weighted by Crippen LogP contribution is 2.53. The fourth-order valence-corrected chi connectivity index (χ4v) is 5.95. The number of aromatic nitrogens is 3. The van der Waals surface area contributed by atoms with Gasteiger partial charge in [0.1, 0.15) is 5.75 Å². The van der Waals surface area contributed by atoms with Crippen molar-refractivity contribution in [2.75, 3.05) is 20.1 Å². The quantitative estimate of drug-likeness (QED) is 0.551. The normalized spacial score (nSPS) is 21.1. The number of nitrogens with two attached hydrogens (primary N) is 1. The van der Waals surface area contributed by atoms with E-state index in [1.54, 1.807) is 45.8 Å². The molecule has 2 amide bonds. The van der Waals surface area contributed by atoms with E-state index in [9.17, 15) is 18.4 Å². The average Bonchev–Trinajstić information content (AvgIpc) is 3.41. The molecule has 2 atom stereocenters. The van der Waals surface area contributed by atoms with Crippen LogP contribution >= 0.6 is 0 Å². The van der Waals surface area contributed by atoms with Crippen LogP contribution in [0.4, 0.5) is 8.78 Å². The Kier molecular flexibility index (Phi) is 5.53. The van der Waals surface area contributed by atoms with E-state index in [1.807, 2.05) is 19.9 Å². The molecule has 198 valence electrons. The van der Waals surface area contributed by atoms with Gasteiger partial charge in [0.05, 0.1) is 17.4 Å². The Labute approximate surface area is 217 Å². The van der Waals surface area contributed by atoms with E-state index in [0.29, 0.717) is 54.1 Å². The zero-order chi connectivity index (χ0) is 26.9. The Balaban J connectivity index is 1.47. The summed E-state index contributed by atoms with van der Waals surface area (Å²) in [6, 6.07) is 6.15. The lowest BCUT2D eigenvalue weighted by Crippen LogP contribution is -2.53. The molecule has 0 spiro atoms. The van der Waals surface area contributed by atoms with Crippen LogP contribution < -0.4 is 10.5 Å². The summed E-state index contributed by atoms with van der Waals surface area (Å²) in [4.78, 5) is 34.5. The lowest BCUT2D eigenvalue weighted by molar-refractivity contribution is -0.131. The standard InChI is InChI=1S/C27H28F2N6O3/c1-27(2,13-30)34-9-7-14(11-20(34)36)17-8-10-35-24(31-17)22-16-12-18(23(22)32-35)33(3)25(37)15-5-4-6-19(21(15)16)38-26(28)29/h4-6,8,10-11,16,18,26H,7,9,12-13,30H2,1-3H3. The lowest BCUT2D eigenvalue weighted by atomic mass is 9.89. The molecule has 0 saturated carbocycles. The molecule has 11 heteroatoms. The summed E-state index contributed by atoms with van der Waals surface area (Å²) in [7, 11) is 1.70. The third-order valence-electron chi connectivity index (χ3n) is 8.05. The minimum Gasteiger partial charge on any atom is -0.434 e. The van der Waals surface area contributed by atoms with Gasteiger partial charge in [0.2, 0.25) is 5.91 Å². The SMILES string of the molecule is CN1C(=O)c2cccc(OC(F)F)c2C2CC1c1nn3ccc(C4=CC(=O)N(C(C)(C)CN)CC4)nc3c12. The van der Waals surface area contributed by atoms with E-state index in [2.05, 4.69) is 0 Å². The predicted molar refractivity (Wildman–Crippen MR) is 135 cm³/mol. The summed E-state index contributed by atoms with van der Waals surface area (Å²) in [5.74, 6) is -0.801. The van der Waals surface area contributed by atoms with Crippen molar-refractivity contribution in [2.24, 2.45) is 5.73 Å². The summed E-state index contributed by atoms with van der Waals surface area (Å²) >= 11 is 0. The summed E-state index contributed by atoms with van der Waals surface area (Å²) in [5.41, 5.74) is 9.71. The fourth-order valence-electron chi connectivity index (χ4n) is 5.95. The molecule has 0 radical (unpaired) electrons. The van der Waals surface area contributed by atoms with Gasteiger partial charge in [-0.05, 0) is 50.5 Å². The number of hydrogen-bond donors (Lipinski definition) is 1. The molecule has 0 saturated heterocycles. The second-order valence-corrected chi connectivity index (χ2v) is 10.6. The van der Waals surface area contributed by atoms with E-state index >= 15 is 0 Å². The minimum atomic E-state index is -3.03. The van der Waals surface area contributed by atoms with Gasteiger partial charge in [0.15, 0.2) is 5.65 Å². The summed E-state index contributed by atoms with van der Waals surface area (Å²) in [5, 5.41) is 4.75. The van der Waals surface area contributed by atoms with Crippen molar-refractivity contribution >= 4 is 23.0 Å². The number of carbonyl (C=O) groups excluding carboxylic acids is 2. The van der Waals surface area contributed by atoms with Crippen LogP contribution in [0.1, 0.15) is 71.5 Å². The molecule has 2 aromatic heterocycles. The van der Waals surface area contributed by atoms with Gasteiger partial charge in [-0.25, -0.2) is 9.50 Å². The van der Waals surface area contributed by atoms with Gasteiger partial charge >= 0.3 is 6.61 Å². The maximum absolute atomic E-state index is 13.3. The zero-order valence-corrected chi connectivity index (χ0v) is 21.3. The first-order valence-electron chi connectivity index (χ1n) is 12.6. The highest BCUT2D eigenvalue weighted by molar-refractivity contribution is 5.98. The van der Waals surface area contributed by atoms with Gasteiger partial charge in [0, 0.05) is 60.6 Å². The van der Waals surface area contributed by atoms with Gasteiger partial charge in [-0.3, -0.25) is 9.59 Å². The molecule has 0 fully saturated rings. The van der Waals surface area contributed by atoms with Crippen LogP contribution in [0.15, 0.2) is 36.5 Å². The molecule has 6 rings (SSSR count). The first-order valence-corrected chi connectivity index (χ1v) is 12.6. The van der Waals surface area contributed by atoms with E-state index in [-0.39, 0.29) is 23.6 Å². The molecule has 38 heavy (non-hydrogen) atoms. The van der Waals surface area contributed by atoms with Crippen molar-refractivity contribution in [1.82, 2.24) is 24.4 Å². The molecule has 2 bridgehead atoms. The van der Waals surface area contributed by atoms with E-state index in [4.69, 9.17) is 20.6 Å². The van der Waals surface area contributed by atoms with E-state index in [0.717, 1.165) is 11.1 Å². The highest BCUT2D eigenvalue weighted by Gasteiger charge is 2.46. The maximum Gasteiger partial charge on any atom is 0.387 e. The maximum atomic E-state index is 13.3. The number of amides is 2. The van der Waals surface area contributed by atoms with Crippen molar-refractivity contribution in [2.45, 2.75) is 50.8 Å². The van der Waals surface area contributed by atoms with Crippen LogP contribution in [-0.2, 0) is 4.79 Å². The number of hydrogen-bond acceptors (Lipinski definition) is 6. The smallest absolute Gasteiger partial charge is 0.387 e. The number of halogens is 2. The molecule has 2 unspecified atom stereocenters. The van der Waals surface area contributed by atoms with Gasteiger partial charge in [-0.15, -0.1) is 0 Å². The predicted octanol–water partition coefficient (Wildman–Crippen LogP) is 3.35. The Morgan fingerprint density at radius 1 is 1.21 bits per heavy atom. The van der Waals surface area contributed by atoms with Crippen molar-refractivity contribution in [1.29, 1.82) is 0 Å². The van der Waals surface area contributed by atoms with Crippen LogP contribution in [0.25, 0.3) is 11.2 Å². The topological polar surface area (TPSA) is 106 Å². The Morgan fingerprint density at radius 3 is 2.71 bits per heavy atom. The lowest BCUT2D eigenvalue weighted by Gasteiger charge is -2.39. The van der Waals surface area contributed by atoms with Crippen molar-refractivity contribution in [3.8, 4) is 5.75 Å². The first kappa shape index (κ1) is 24.5. The number of ether oxygens (including phenoxy) is 1. The molecule has 2 aliphatic heterocycles. The number of carbonyl (C=O) groups is 2. The third-order valence-corrected chi connectivity index (χ3v) is 8.05. The summed E-state index contributed by atoms with van der Waals surface area (Å²) < 4.78 is 33.2. The Morgan fingerprint density at radius 2 is 2.00 bits per heavy atom. The summed E-state index contributed by atoms with van der Waals surface area (Å²) in [6.45, 7) is 1.73. The van der Waals surface area contributed by atoms with Crippen molar-refractivity contribution < 1.29 is 23.1 Å². The van der Waals surface area contributed by atoms with Gasteiger partial charge < -0.3 is 20.3 Å². The molecular formula is C27H28F2N6O3. The number of fused-ring (bicyclic) bond motifs is 9. The van der Waals surface area contributed by atoms with E-state index in [1.165, 1.54) is 6.07 Å².